The van der Waals surface area contributed by atoms with E-state index >= 15 is 0 Å². The molecule has 1 heterocycles. The molecule has 1 N–H and O–H groups in total. The normalized spacial score (nSPS) is 10.4. The molecule has 0 bridgehead atoms. The molecule has 0 amide bonds. The number of aromatic nitrogens is 1. The number of aliphatic hydroxyl groups excluding tert-OH is 1. The maximum Gasteiger partial charge on any atom is 0.0929 e. The van der Waals surface area contributed by atoms with Crippen molar-refractivity contribution >= 4 is 11.3 Å². The van der Waals surface area contributed by atoms with Crippen molar-refractivity contribution in [1.82, 2.24) is 4.98 Å². The number of hydrogen-bond acceptors (Lipinski definition) is 3. The van der Waals surface area contributed by atoms with Crippen molar-refractivity contribution in [3.8, 4) is 0 Å². The first-order valence-electron chi connectivity index (χ1n) is 3.91. The third-order valence-corrected chi connectivity index (χ3v) is 2.47. The van der Waals surface area contributed by atoms with Gasteiger partial charge < -0.3 is 5.11 Å². The lowest BCUT2D eigenvalue weighted by Gasteiger charge is -1.90. The predicted octanol–water partition coefficient (Wildman–Crippen LogP) is 1.63. The molecule has 0 spiro atoms. The largest absolute Gasteiger partial charge is 0.396 e. The van der Waals surface area contributed by atoms with Gasteiger partial charge in [-0.1, -0.05) is 6.92 Å². The molecule has 0 atom stereocenters. The van der Waals surface area contributed by atoms with E-state index in [0.29, 0.717) is 0 Å². The second-order valence-corrected chi connectivity index (χ2v) is 3.36. The first-order valence-corrected chi connectivity index (χ1v) is 4.79. The molecule has 0 radical (unpaired) electrons. The van der Waals surface area contributed by atoms with Crippen LogP contribution in [0.5, 0.6) is 0 Å². The lowest BCUT2D eigenvalue weighted by atomic mass is 10.3. The summed E-state index contributed by atoms with van der Waals surface area (Å²) in [5.74, 6) is 0. The SMILES string of the molecule is CCc1csc(CCCO)n1. The number of aryl methyl sites for hydroxylation is 2. The summed E-state index contributed by atoms with van der Waals surface area (Å²) in [6.45, 7) is 2.37. The zero-order valence-electron chi connectivity index (χ0n) is 6.71. The highest BCUT2D eigenvalue weighted by atomic mass is 32.1. The van der Waals surface area contributed by atoms with Crippen LogP contribution in [0.2, 0.25) is 0 Å². The van der Waals surface area contributed by atoms with E-state index in [1.807, 2.05) is 0 Å². The number of thiazole rings is 1. The van der Waals surface area contributed by atoms with E-state index in [0.717, 1.165) is 24.3 Å². The first-order chi connectivity index (χ1) is 5.36. The number of aliphatic hydroxyl groups is 1. The quantitative estimate of drug-likeness (QED) is 0.747. The van der Waals surface area contributed by atoms with Crippen LogP contribution in [-0.2, 0) is 12.8 Å². The summed E-state index contributed by atoms with van der Waals surface area (Å²) in [5, 5.41) is 11.8. The lowest BCUT2D eigenvalue weighted by molar-refractivity contribution is 0.288. The predicted molar refractivity (Wildman–Crippen MR) is 46.9 cm³/mol. The van der Waals surface area contributed by atoms with Crippen molar-refractivity contribution in [2.24, 2.45) is 0 Å². The van der Waals surface area contributed by atoms with Crippen LogP contribution in [0, 0.1) is 0 Å². The van der Waals surface area contributed by atoms with Crippen molar-refractivity contribution in [2.45, 2.75) is 26.2 Å². The Hall–Kier alpha value is -0.410. The zero-order chi connectivity index (χ0) is 8.10. The highest BCUT2D eigenvalue weighted by Gasteiger charge is 1.98. The van der Waals surface area contributed by atoms with Gasteiger partial charge in [-0.15, -0.1) is 11.3 Å². The van der Waals surface area contributed by atoms with Crippen molar-refractivity contribution in [2.75, 3.05) is 6.61 Å². The fourth-order valence-electron chi connectivity index (χ4n) is 0.856. The number of nitrogens with zero attached hydrogens (tertiary/aromatic N) is 1. The van der Waals surface area contributed by atoms with E-state index < -0.39 is 0 Å². The highest BCUT2D eigenvalue weighted by Crippen LogP contribution is 2.11. The van der Waals surface area contributed by atoms with E-state index in [1.165, 1.54) is 5.69 Å². The van der Waals surface area contributed by atoms with Gasteiger partial charge in [0.25, 0.3) is 0 Å². The third kappa shape index (κ3) is 2.60. The summed E-state index contributed by atoms with van der Waals surface area (Å²) in [5.41, 5.74) is 1.17. The van der Waals surface area contributed by atoms with E-state index in [1.54, 1.807) is 11.3 Å². The minimum Gasteiger partial charge on any atom is -0.396 e. The molecule has 1 rings (SSSR count). The van der Waals surface area contributed by atoms with Gasteiger partial charge in [0, 0.05) is 18.4 Å². The van der Waals surface area contributed by atoms with Gasteiger partial charge in [-0.05, 0) is 12.8 Å². The van der Waals surface area contributed by atoms with Crippen LogP contribution in [0.25, 0.3) is 0 Å². The summed E-state index contributed by atoms with van der Waals surface area (Å²) >= 11 is 1.69. The van der Waals surface area contributed by atoms with Crippen molar-refractivity contribution in [3.05, 3.63) is 16.1 Å². The third-order valence-electron chi connectivity index (χ3n) is 1.51. The van der Waals surface area contributed by atoms with Crippen LogP contribution in [0.15, 0.2) is 5.38 Å². The monoisotopic (exact) mass is 171 g/mol. The van der Waals surface area contributed by atoms with Crippen LogP contribution in [-0.4, -0.2) is 16.7 Å². The topological polar surface area (TPSA) is 33.1 Å². The summed E-state index contributed by atoms with van der Waals surface area (Å²) in [4.78, 5) is 4.37. The molecule has 0 unspecified atom stereocenters. The van der Waals surface area contributed by atoms with Crippen LogP contribution >= 0.6 is 11.3 Å². The van der Waals surface area contributed by atoms with Crippen LogP contribution in [0.1, 0.15) is 24.0 Å². The molecule has 2 nitrogen and oxygen atoms in total. The molecular weight excluding hydrogens is 158 g/mol. The Balaban J connectivity index is 2.44. The Labute approximate surface area is 70.9 Å². The van der Waals surface area contributed by atoms with Gasteiger partial charge in [0.1, 0.15) is 0 Å². The van der Waals surface area contributed by atoms with Crippen LogP contribution in [0.4, 0.5) is 0 Å². The Morgan fingerprint density at radius 1 is 1.64 bits per heavy atom. The van der Waals surface area contributed by atoms with Crippen molar-refractivity contribution in [1.29, 1.82) is 0 Å². The number of rotatable bonds is 4. The van der Waals surface area contributed by atoms with Gasteiger partial charge in [-0.25, -0.2) is 4.98 Å². The first kappa shape index (κ1) is 8.68. The minimum absolute atomic E-state index is 0.265. The van der Waals surface area contributed by atoms with E-state index in [-0.39, 0.29) is 6.61 Å². The molecule has 0 saturated carbocycles. The second-order valence-electron chi connectivity index (χ2n) is 2.41. The van der Waals surface area contributed by atoms with Crippen molar-refractivity contribution in [3.63, 3.8) is 0 Å². The highest BCUT2D eigenvalue weighted by molar-refractivity contribution is 7.09. The maximum atomic E-state index is 8.57. The fraction of sp³-hybridized carbons (Fsp3) is 0.625. The average Bonchev–Trinajstić information content (AvgIpc) is 2.48. The molecule has 3 heteroatoms. The lowest BCUT2D eigenvalue weighted by Crippen LogP contribution is -1.89. The van der Waals surface area contributed by atoms with Gasteiger partial charge in [-0.3, -0.25) is 0 Å². The molecule has 0 aliphatic heterocycles. The number of hydrogen-bond donors (Lipinski definition) is 1. The smallest absolute Gasteiger partial charge is 0.0929 e. The summed E-state index contributed by atoms with van der Waals surface area (Å²) in [6, 6.07) is 0. The van der Waals surface area contributed by atoms with Gasteiger partial charge in [0.05, 0.1) is 10.7 Å². The van der Waals surface area contributed by atoms with Gasteiger partial charge in [-0.2, -0.15) is 0 Å². The molecule has 11 heavy (non-hydrogen) atoms. The maximum absolute atomic E-state index is 8.57. The molecule has 1 aromatic heterocycles. The zero-order valence-corrected chi connectivity index (χ0v) is 7.52. The Bertz CT molecular complexity index is 210. The van der Waals surface area contributed by atoms with E-state index in [4.69, 9.17) is 5.11 Å². The van der Waals surface area contributed by atoms with Crippen LogP contribution < -0.4 is 0 Å². The summed E-state index contributed by atoms with van der Waals surface area (Å²) in [7, 11) is 0. The second kappa shape index (κ2) is 4.46. The Morgan fingerprint density at radius 2 is 2.45 bits per heavy atom. The Morgan fingerprint density at radius 3 is 3.00 bits per heavy atom. The molecule has 0 fully saturated rings. The molecule has 62 valence electrons. The van der Waals surface area contributed by atoms with E-state index in [2.05, 4.69) is 17.3 Å². The van der Waals surface area contributed by atoms with E-state index in [9.17, 15) is 0 Å². The molecule has 0 aliphatic rings. The van der Waals surface area contributed by atoms with Crippen molar-refractivity contribution < 1.29 is 5.11 Å². The molecule has 0 aliphatic carbocycles. The average molecular weight is 171 g/mol. The van der Waals surface area contributed by atoms with Gasteiger partial charge >= 0.3 is 0 Å². The Kier molecular flexibility index (Phi) is 3.52. The van der Waals surface area contributed by atoms with Crippen LogP contribution in [0.3, 0.4) is 0 Å². The summed E-state index contributed by atoms with van der Waals surface area (Å²) in [6.07, 6.45) is 2.76. The summed E-state index contributed by atoms with van der Waals surface area (Å²) < 4.78 is 0. The van der Waals surface area contributed by atoms with Gasteiger partial charge in [0.2, 0.25) is 0 Å². The molecule has 0 aromatic carbocycles. The molecule has 1 aromatic rings. The minimum atomic E-state index is 0.265. The van der Waals surface area contributed by atoms with Gasteiger partial charge in [0.15, 0.2) is 0 Å². The molecule has 0 saturated heterocycles. The standard InChI is InChI=1S/C8H13NOS/c1-2-7-6-11-8(9-7)4-3-5-10/h6,10H,2-5H2,1H3. The molecular formula is C8H13NOS. The fourth-order valence-corrected chi connectivity index (χ4v) is 1.78.